The van der Waals surface area contributed by atoms with Crippen LogP contribution in [0.5, 0.6) is 0 Å². The summed E-state index contributed by atoms with van der Waals surface area (Å²) in [5.41, 5.74) is 5.79. The van der Waals surface area contributed by atoms with Gasteiger partial charge < -0.3 is 10.6 Å². The zero-order valence-electron chi connectivity index (χ0n) is 9.56. The molecule has 1 amide bonds. The fourth-order valence-electron chi connectivity index (χ4n) is 1.94. The lowest BCUT2D eigenvalue weighted by atomic mass is 10.1. The van der Waals surface area contributed by atoms with Crippen LogP contribution >= 0.6 is 35.3 Å². The molecule has 0 radical (unpaired) electrons. The largest absolute Gasteiger partial charge is 0.341 e. The van der Waals surface area contributed by atoms with Gasteiger partial charge in [0.15, 0.2) is 0 Å². The van der Waals surface area contributed by atoms with Gasteiger partial charge in [0, 0.05) is 24.0 Å². The highest BCUT2D eigenvalue weighted by atomic mass is 35.5. The van der Waals surface area contributed by atoms with Gasteiger partial charge in [-0.3, -0.25) is 4.79 Å². The summed E-state index contributed by atoms with van der Waals surface area (Å²) in [5.74, 6) is 0.0502. The molecule has 1 fully saturated rings. The molecule has 0 spiro atoms. The van der Waals surface area contributed by atoms with Crippen molar-refractivity contribution in [3.05, 3.63) is 21.3 Å². The van der Waals surface area contributed by atoms with E-state index in [1.54, 1.807) is 0 Å². The molecule has 1 aliphatic heterocycles. The fraction of sp³-hybridized carbons (Fsp3) is 0.545. The number of halogens is 2. The van der Waals surface area contributed by atoms with E-state index in [1.807, 2.05) is 24.0 Å². The summed E-state index contributed by atoms with van der Waals surface area (Å²) in [6.07, 6.45) is 0.906. The Morgan fingerprint density at radius 1 is 1.65 bits per heavy atom. The van der Waals surface area contributed by atoms with Gasteiger partial charge in [0.2, 0.25) is 5.91 Å². The summed E-state index contributed by atoms with van der Waals surface area (Å²) >= 11 is 7.34. The predicted octanol–water partition coefficient (Wildman–Crippen LogP) is 2.49. The lowest BCUT2D eigenvalue weighted by molar-refractivity contribution is -0.131. The van der Waals surface area contributed by atoms with E-state index >= 15 is 0 Å². The number of carbonyl (C=O) groups excluding carboxylic acids is 1. The summed E-state index contributed by atoms with van der Waals surface area (Å²) < 4.78 is 0.729. The van der Waals surface area contributed by atoms with Gasteiger partial charge in [-0.05, 0) is 25.5 Å². The van der Waals surface area contributed by atoms with E-state index in [0.717, 1.165) is 22.2 Å². The van der Waals surface area contributed by atoms with Crippen LogP contribution in [0.3, 0.4) is 0 Å². The second-order valence-electron chi connectivity index (χ2n) is 4.20. The molecule has 0 aromatic carbocycles. The third-order valence-electron chi connectivity index (χ3n) is 2.93. The number of amides is 1. The van der Waals surface area contributed by atoms with Crippen molar-refractivity contribution in [3.8, 4) is 0 Å². The summed E-state index contributed by atoms with van der Waals surface area (Å²) in [5, 5.41) is 0. The van der Waals surface area contributed by atoms with E-state index in [2.05, 4.69) is 0 Å². The molecular formula is C11H16Cl2N2OS. The van der Waals surface area contributed by atoms with E-state index in [1.165, 1.54) is 11.3 Å². The Kier molecular flexibility index (Phi) is 5.25. The third kappa shape index (κ3) is 3.35. The van der Waals surface area contributed by atoms with Crippen molar-refractivity contribution >= 4 is 41.3 Å². The maximum absolute atomic E-state index is 12.1. The molecule has 2 heterocycles. The Balaban J connectivity index is 0.00000144. The number of hydrogen-bond donors (Lipinski definition) is 1. The van der Waals surface area contributed by atoms with Gasteiger partial charge in [0.25, 0.3) is 0 Å². The Hall–Kier alpha value is -0.290. The number of rotatable bonds is 2. The molecule has 1 aromatic heterocycles. The van der Waals surface area contributed by atoms with Crippen LogP contribution in [-0.2, 0) is 4.79 Å². The molecule has 2 atom stereocenters. The first-order valence-corrected chi connectivity index (χ1v) is 6.57. The zero-order chi connectivity index (χ0) is 11.7. The smallest absolute Gasteiger partial charge is 0.230 e. The lowest BCUT2D eigenvalue weighted by Gasteiger charge is -2.19. The van der Waals surface area contributed by atoms with Crippen molar-refractivity contribution in [1.82, 2.24) is 4.90 Å². The molecule has 2 rings (SSSR count). The van der Waals surface area contributed by atoms with Crippen molar-refractivity contribution in [2.75, 3.05) is 13.1 Å². The first-order chi connectivity index (χ1) is 7.58. The molecule has 0 aliphatic carbocycles. The highest BCUT2D eigenvalue weighted by molar-refractivity contribution is 7.16. The molecule has 0 bridgehead atoms. The normalized spacial score (nSPS) is 21.1. The predicted molar refractivity (Wildman–Crippen MR) is 74.2 cm³/mol. The average Bonchev–Trinajstić information content (AvgIpc) is 2.85. The monoisotopic (exact) mass is 294 g/mol. The Morgan fingerprint density at radius 2 is 2.35 bits per heavy atom. The molecule has 96 valence electrons. The topological polar surface area (TPSA) is 46.3 Å². The van der Waals surface area contributed by atoms with Crippen LogP contribution in [0.15, 0.2) is 12.1 Å². The van der Waals surface area contributed by atoms with Gasteiger partial charge in [-0.1, -0.05) is 11.6 Å². The van der Waals surface area contributed by atoms with E-state index in [9.17, 15) is 4.79 Å². The molecule has 1 aromatic rings. The van der Waals surface area contributed by atoms with E-state index < -0.39 is 0 Å². The van der Waals surface area contributed by atoms with Crippen LogP contribution in [0.4, 0.5) is 0 Å². The Bertz CT molecular complexity index is 397. The second-order valence-corrected chi connectivity index (χ2v) is 5.94. The van der Waals surface area contributed by atoms with Crippen molar-refractivity contribution < 1.29 is 4.79 Å². The van der Waals surface area contributed by atoms with Crippen molar-refractivity contribution in [2.45, 2.75) is 25.3 Å². The SMILES string of the molecule is CC(C(=O)N1CC[C@@H](N)C1)c1ccc(Cl)s1.Cl. The van der Waals surface area contributed by atoms with Gasteiger partial charge in [0.05, 0.1) is 10.3 Å². The lowest BCUT2D eigenvalue weighted by Crippen LogP contribution is -2.34. The highest BCUT2D eigenvalue weighted by Crippen LogP contribution is 2.29. The molecule has 0 saturated carbocycles. The third-order valence-corrected chi connectivity index (χ3v) is 4.34. The quantitative estimate of drug-likeness (QED) is 0.911. The maximum atomic E-state index is 12.1. The molecule has 6 heteroatoms. The van der Waals surface area contributed by atoms with Gasteiger partial charge in [0.1, 0.15) is 0 Å². The summed E-state index contributed by atoms with van der Waals surface area (Å²) in [6, 6.07) is 3.90. The number of carbonyl (C=O) groups is 1. The van der Waals surface area contributed by atoms with Crippen molar-refractivity contribution in [1.29, 1.82) is 0 Å². The maximum Gasteiger partial charge on any atom is 0.230 e. The van der Waals surface area contributed by atoms with Crippen LogP contribution in [0.25, 0.3) is 0 Å². The van der Waals surface area contributed by atoms with Crippen LogP contribution in [0.1, 0.15) is 24.1 Å². The second kappa shape index (κ2) is 6.05. The number of thiophene rings is 1. The van der Waals surface area contributed by atoms with Crippen LogP contribution in [0, 0.1) is 0 Å². The van der Waals surface area contributed by atoms with Crippen molar-refractivity contribution in [2.24, 2.45) is 5.73 Å². The minimum atomic E-state index is -0.109. The number of likely N-dealkylation sites (tertiary alicyclic amines) is 1. The minimum Gasteiger partial charge on any atom is -0.341 e. The molecule has 1 saturated heterocycles. The molecule has 2 N–H and O–H groups in total. The standard InChI is InChI=1S/C11H15ClN2OS.ClH/c1-7(9-2-3-10(12)16-9)11(15)14-5-4-8(13)6-14;/h2-3,7-8H,4-6,13H2,1H3;1H/t7?,8-;/m1./s1. The van der Waals surface area contributed by atoms with E-state index in [-0.39, 0.29) is 30.3 Å². The van der Waals surface area contributed by atoms with E-state index in [4.69, 9.17) is 17.3 Å². The summed E-state index contributed by atoms with van der Waals surface area (Å²) in [4.78, 5) is 15.0. The molecule has 1 unspecified atom stereocenters. The van der Waals surface area contributed by atoms with Crippen molar-refractivity contribution in [3.63, 3.8) is 0 Å². The number of nitrogens with two attached hydrogens (primary N) is 1. The van der Waals surface area contributed by atoms with Crippen LogP contribution in [-0.4, -0.2) is 29.9 Å². The molecular weight excluding hydrogens is 279 g/mol. The zero-order valence-corrected chi connectivity index (χ0v) is 11.9. The fourth-order valence-corrected chi connectivity index (χ4v) is 3.05. The van der Waals surface area contributed by atoms with Crippen LogP contribution < -0.4 is 5.73 Å². The van der Waals surface area contributed by atoms with Gasteiger partial charge in [-0.2, -0.15) is 0 Å². The Labute approximate surface area is 116 Å². The molecule has 3 nitrogen and oxygen atoms in total. The Morgan fingerprint density at radius 3 is 2.82 bits per heavy atom. The minimum absolute atomic E-state index is 0. The summed E-state index contributed by atoms with van der Waals surface area (Å²) in [6.45, 7) is 3.39. The first kappa shape index (κ1) is 14.8. The first-order valence-electron chi connectivity index (χ1n) is 5.37. The highest BCUT2D eigenvalue weighted by Gasteiger charge is 2.28. The summed E-state index contributed by atoms with van der Waals surface area (Å²) in [7, 11) is 0. The molecule has 17 heavy (non-hydrogen) atoms. The number of nitrogens with zero attached hydrogens (tertiary/aromatic N) is 1. The molecule has 1 aliphatic rings. The van der Waals surface area contributed by atoms with Gasteiger partial charge in [-0.25, -0.2) is 0 Å². The number of hydrogen-bond acceptors (Lipinski definition) is 3. The van der Waals surface area contributed by atoms with Gasteiger partial charge >= 0.3 is 0 Å². The average molecular weight is 295 g/mol. The van der Waals surface area contributed by atoms with Gasteiger partial charge in [-0.15, -0.1) is 23.7 Å². The van der Waals surface area contributed by atoms with E-state index in [0.29, 0.717) is 6.54 Å². The van der Waals surface area contributed by atoms with Crippen LogP contribution in [0.2, 0.25) is 4.34 Å².